The van der Waals surface area contributed by atoms with Gasteiger partial charge in [0.15, 0.2) is 0 Å². The molecular weight excluding hydrogens is 200 g/mol. The molecule has 0 spiro atoms. The van der Waals surface area contributed by atoms with Crippen LogP contribution < -0.4 is 10.2 Å². The Kier molecular flexibility index (Phi) is 4.13. The third kappa shape index (κ3) is 2.93. The highest BCUT2D eigenvalue weighted by Gasteiger charge is 2.16. The van der Waals surface area contributed by atoms with Gasteiger partial charge in [0, 0.05) is 57.3 Å². The second-order valence-corrected chi connectivity index (χ2v) is 4.14. The summed E-state index contributed by atoms with van der Waals surface area (Å²) in [5, 5.41) is 3.19. The van der Waals surface area contributed by atoms with Crippen LogP contribution in [0.4, 0.5) is 5.69 Å². The van der Waals surface area contributed by atoms with Crippen molar-refractivity contribution in [2.45, 2.75) is 0 Å². The van der Waals surface area contributed by atoms with Gasteiger partial charge in [-0.15, -0.1) is 0 Å². The minimum absolute atomic E-state index is 1.08. The predicted octanol–water partition coefficient (Wildman–Crippen LogP) is 0.423. The van der Waals surface area contributed by atoms with Gasteiger partial charge < -0.3 is 10.2 Å². The first-order chi connectivity index (χ1) is 7.90. The Morgan fingerprint density at radius 1 is 1.19 bits per heavy atom. The van der Waals surface area contributed by atoms with Crippen molar-refractivity contribution in [3.8, 4) is 0 Å². The van der Waals surface area contributed by atoms with E-state index in [1.165, 1.54) is 5.69 Å². The minimum atomic E-state index is 1.08. The summed E-state index contributed by atoms with van der Waals surface area (Å²) < 4.78 is 0. The number of pyridine rings is 1. The van der Waals surface area contributed by atoms with Gasteiger partial charge in [0.25, 0.3) is 0 Å². The van der Waals surface area contributed by atoms with Gasteiger partial charge in [0.1, 0.15) is 0 Å². The van der Waals surface area contributed by atoms with Crippen molar-refractivity contribution in [3.63, 3.8) is 0 Å². The van der Waals surface area contributed by atoms with Gasteiger partial charge in [0.2, 0.25) is 0 Å². The molecule has 1 saturated heterocycles. The van der Waals surface area contributed by atoms with Gasteiger partial charge in [-0.1, -0.05) is 0 Å². The van der Waals surface area contributed by atoms with Crippen LogP contribution in [0.3, 0.4) is 0 Å². The summed E-state index contributed by atoms with van der Waals surface area (Å²) in [6.07, 6.45) is 3.73. The number of piperazine rings is 1. The Bertz CT molecular complexity index is 293. The number of nitrogens with one attached hydrogen (secondary N) is 1. The van der Waals surface area contributed by atoms with Crippen molar-refractivity contribution in [2.75, 3.05) is 51.2 Å². The molecule has 88 valence electrons. The molecule has 0 aromatic carbocycles. The van der Waals surface area contributed by atoms with Gasteiger partial charge >= 0.3 is 0 Å². The average molecular weight is 220 g/mol. The van der Waals surface area contributed by atoms with Crippen molar-refractivity contribution >= 4 is 5.69 Å². The number of likely N-dealkylation sites (N-methyl/N-ethyl adjacent to an activating group) is 1. The summed E-state index contributed by atoms with van der Waals surface area (Å²) in [4.78, 5) is 8.99. The fourth-order valence-electron chi connectivity index (χ4n) is 2.05. The normalized spacial score (nSPS) is 17.7. The molecule has 16 heavy (non-hydrogen) atoms. The predicted molar refractivity (Wildman–Crippen MR) is 66.8 cm³/mol. The first-order valence-corrected chi connectivity index (χ1v) is 5.92. The summed E-state index contributed by atoms with van der Waals surface area (Å²) in [7, 11) is 2.01. The molecule has 0 radical (unpaired) electrons. The molecule has 1 aromatic heterocycles. The Hall–Kier alpha value is -1.13. The lowest BCUT2D eigenvalue weighted by Gasteiger charge is -2.36. The van der Waals surface area contributed by atoms with E-state index < -0.39 is 0 Å². The van der Waals surface area contributed by atoms with E-state index in [0.29, 0.717) is 0 Å². The largest absolute Gasteiger partial charge is 0.369 e. The number of aromatic nitrogens is 1. The van der Waals surface area contributed by atoms with E-state index in [4.69, 9.17) is 0 Å². The zero-order valence-corrected chi connectivity index (χ0v) is 9.89. The number of hydrogen-bond donors (Lipinski definition) is 1. The van der Waals surface area contributed by atoms with Crippen LogP contribution in [0.2, 0.25) is 0 Å². The van der Waals surface area contributed by atoms with Crippen LogP contribution in [0.1, 0.15) is 0 Å². The standard InChI is InChI=1S/C12H20N4/c1-13-6-7-15-8-10-16(11-9-15)12-2-4-14-5-3-12/h2-5,13H,6-11H2,1H3. The summed E-state index contributed by atoms with van der Waals surface area (Å²) in [6.45, 7) is 6.78. The molecule has 0 aliphatic carbocycles. The zero-order chi connectivity index (χ0) is 11.2. The van der Waals surface area contributed by atoms with Crippen LogP contribution in [-0.2, 0) is 0 Å². The average Bonchev–Trinajstić information content (AvgIpc) is 2.38. The molecule has 1 N–H and O–H groups in total. The third-order valence-corrected chi connectivity index (χ3v) is 3.08. The lowest BCUT2D eigenvalue weighted by atomic mass is 10.2. The van der Waals surface area contributed by atoms with E-state index in [9.17, 15) is 0 Å². The SMILES string of the molecule is CNCCN1CCN(c2ccncc2)CC1. The van der Waals surface area contributed by atoms with E-state index in [0.717, 1.165) is 39.3 Å². The van der Waals surface area contributed by atoms with Crippen LogP contribution in [0.25, 0.3) is 0 Å². The van der Waals surface area contributed by atoms with Crippen LogP contribution in [0.15, 0.2) is 24.5 Å². The van der Waals surface area contributed by atoms with E-state index in [-0.39, 0.29) is 0 Å². The maximum atomic E-state index is 4.05. The highest BCUT2D eigenvalue weighted by Crippen LogP contribution is 2.14. The maximum absolute atomic E-state index is 4.05. The first kappa shape index (κ1) is 11.4. The van der Waals surface area contributed by atoms with E-state index in [1.54, 1.807) is 0 Å². The summed E-state index contributed by atoms with van der Waals surface area (Å²) in [5.74, 6) is 0. The number of anilines is 1. The molecule has 1 fully saturated rings. The Balaban J connectivity index is 1.81. The molecule has 2 rings (SSSR count). The number of rotatable bonds is 4. The molecule has 0 saturated carbocycles. The Morgan fingerprint density at radius 2 is 1.88 bits per heavy atom. The maximum Gasteiger partial charge on any atom is 0.0397 e. The molecule has 0 unspecified atom stereocenters. The van der Waals surface area contributed by atoms with Gasteiger partial charge in [-0.25, -0.2) is 0 Å². The van der Waals surface area contributed by atoms with Gasteiger partial charge in [-0.2, -0.15) is 0 Å². The molecular formula is C12H20N4. The summed E-state index contributed by atoms with van der Waals surface area (Å²) in [6, 6.07) is 4.17. The van der Waals surface area contributed by atoms with Crippen LogP contribution >= 0.6 is 0 Å². The van der Waals surface area contributed by atoms with E-state index in [2.05, 4.69) is 32.2 Å². The fourth-order valence-corrected chi connectivity index (χ4v) is 2.05. The first-order valence-electron chi connectivity index (χ1n) is 5.92. The smallest absolute Gasteiger partial charge is 0.0397 e. The van der Waals surface area contributed by atoms with Crippen LogP contribution in [-0.4, -0.2) is 56.2 Å². The quantitative estimate of drug-likeness (QED) is 0.797. The molecule has 0 amide bonds. The highest BCUT2D eigenvalue weighted by molar-refractivity contribution is 5.44. The molecule has 1 aliphatic rings. The second kappa shape index (κ2) is 5.82. The molecule has 1 aromatic rings. The van der Waals surface area contributed by atoms with Gasteiger partial charge in [0.05, 0.1) is 0 Å². The fraction of sp³-hybridized carbons (Fsp3) is 0.583. The van der Waals surface area contributed by atoms with Gasteiger partial charge in [-0.3, -0.25) is 9.88 Å². The molecule has 2 heterocycles. The highest BCUT2D eigenvalue weighted by atomic mass is 15.3. The molecule has 0 bridgehead atoms. The lowest BCUT2D eigenvalue weighted by molar-refractivity contribution is 0.260. The third-order valence-electron chi connectivity index (χ3n) is 3.08. The van der Waals surface area contributed by atoms with Crippen molar-refractivity contribution in [3.05, 3.63) is 24.5 Å². The van der Waals surface area contributed by atoms with Crippen LogP contribution in [0.5, 0.6) is 0 Å². The van der Waals surface area contributed by atoms with Gasteiger partial charge in [-0.05, 0) is 19.2 Å². The molecule has 4 nitrogen and oxygen atoms in total. The van der Waals surface area contributed by atoms with E-state index >= 15 is 0 Å². The lowest BCUT2D eigenvalue weighted by Crippen LogP contribution is -2.48. The van der Waals surface area contributed by atoms with Crippen molar-refractivity contribution < 1.29 is 0 Å². The van der Waals surface area contributed by atoms with Crippen molar-refractivity contribution in [2.24, 2.45) is 0 Å². The minimum Gasteiger partial charge on any atom is -0.369 e. The molecule has 0 atom stereocenters. The second-order valence-electron chi connectivity index (χ2n) is 4.14. The van der Waals surface area contributed by atoms with Crippen molar-refractivity contribution in [1.82, 2.24) is 15.2 Å². The van der Waals surface area contributed by atoms with Crippen LogP contribution in [0, 0.1) is 0 Å². The Labute approximate surface area is 97.3 Å². The summed E-state index contributed by atoms with van der Waals surface area (Å²) >= 11 is 0. The summed E-state index contributed by atoms with van der Waals surface area (Å²) in [5.41, 5.74) is 1.29. The number of nitrogens with zero attached hydrogens (tertiary/aromatic N) is 3. The van der Waals surface area contributed by atoms with Crippen molar-refractivity contribution in [1.29, 1.82) is 0 Å². The zero-order valence-electron chi connectivity index (χ0n) is 9.89. The topological polar surface area (TPSA) is 31.4 Å². The number of hydrogen-bond acceptors (Lipinski definition) is 4. The molecule has 1 aliphatic heterocycles. The monoisotopic (exact) mass is 220 g/mol. The van der Waals surface area contributed by atoms with E-state index in [1.807, 2.05) is 19.4 Å². The molecule has 4 heteroatoms. The Morgan fingerprint density at radius 3 is 2.50 bits per heavy atom.